The number of aromatic nitrogens is 2. The van der Waals surface area contributed by atoms with Crippen LogP contribution in [0.25, 0.3) is 0 Å². The van der Waals surface area contributed by atoms with E-state index in [9.17, 15) is 0 Å². The van der Waals surface area contributed by atoms with Crippen LogP contribution in [0.5, 0.6) is 0 Å². The van der Waals surface area contributed by atoms with Crippen molar-refractivity contribution in [1.82, 2.24) is 14.7 Å². The fourth-order valence-corrected chi connectivity index (χ4v) is 1.66. The summed E-state index contributed by atoms with van der Waals surface area (Å²) in [5, 5.41) is 16.1. The van der Waals surface area contributed by atoms with Gasteiger partial charge in [-0.2, -0.15) is 5.10 Å². The summed E-state index contributed by atoms with van der Waals surface area (Å²) in [6.07, 6.45) is 3.06. The highest BCUT2D eigenvalue weighted by Crippen LogP contribution is 2.10. The van der Waals surface area contributed by atoms with Crippen LogP contribution in [0.4, 0.5) is 0 Å². The smallest absolute Gasteiger partial charge is 0.153 e. The molecule has 6 nitrogen and oxygen atoms in total. The molecule has 18 heavy (non-hydrogen) atoms. The zero-order chi connectivity index (χ0) is 13.5. The molecule has 0 aromatic carbocycles. The molecule has 1 aromatic rings. The number of nitrogens with zero attached hydrogens (tertiary/aromatic N) is 4. The van der Waals surface area contributed by atoms with Crippen LogP contribution in [-0.2, 0) is 6.54 Å². The van der Waals surface area contributed by atoms with Crippen LogP contribution in [0, 0.1) is 0 Å². The van der Waals surface area contributed by atoms with Gasteiger partial charge < -0.3 is 10.9 Å². The van der Waals surface area contributed by atoms with E-state index in [4.69, 9.17) is 10.9 Å². The molecule has 6 heteroatoms. The lowest BCUT2D eigenvalue weighted by atomic mass is 10.3. The minimum absolute atomic E-state index is 0.221. The van der Waals surface area contributed by atoms with Gasteiger partial charge in [0.15, 0.2) is 5.84 Å². The van der Waals surface area contributed by atoms with Crippen LogP contribution in [0.1, 0.15) is 38.9 Å². The topological polar surface area (TPSA) is 79.7 Å². The summed E-state index contributed by atoms with van der Waals surface area (Å²) >= 11 is 0. The molecule has 1 aromatic heterocycles. The first-order chi connectivity index (χ1) is 8.60. The first-order valence-corrected chi connectivity index (χ1v) is 6.33. The van der Waals surface area contributed by atoms with E-state index < -0.39 is 0 Å². The van der Waals surface area contributed by atoms with Gasteiger partial charge in [-0.3, -0.25) is 9.58 Å². The summed E-state index contributed by atoms with van der Waals surface area (Å²) in [7, 11) is 0. The second kappa shape index (κ2) is 7.00. The van der Waals surface area contributed by atoms with Gasteiger partial charge in [0, 0.05) is 18.8 Å². The molecule has 102 valence electrons. The Hall–Kier alpha value is -1.56. The molecule has 0 spiro atoms. The van der Waals surface area contributed by atoms with Gasteiger partial charge in [-0.1, -0.05) is 19.0 Å². The second-order valence-corrected chi connectivity index (χ2v) is 4.44. The van der Waals surface area contributed by atoms with Crippen LogP contribution in [0.3, 0.4) is 0 Å². The van der Waals surface area contributed by atoms with Crippen molar-refractivity contribution in [2.45, 2.75) is 39.8 Å². The van der Waals surface area contributed by atoms with Gasteiger partial charge in [-0.05, 0) is 26.0 Å². The van der Waals surface area contributed by atoms with E-state index in [1.807, 2.05) is 23.9 Å². The Morgan fingerprint density at radius 1 is 1.61 bits per heavy atom. The molecule has 0 saturated heterocycles. The van der Waals surface area contributed by atoms with Crippen LogP contribution < -0.4 is 5.73 Å². The Morgan fingerprint density at radius 2 is 2.33 bits per heavy atom. The summed E-state index contributed by atoms with van der Waals surface area (Å²) in [6.45, 7) is 8.30. The Labute approximate surface area is 108 Å². The van der Waals surface area contributed by atoms with Crippen LogP contribution in [0.15, 0.2) is 17.4 Å². The number of nitrogens with two attached hydrogens (primary N) is 1. The van der Waals surface area contributed by atoms with E-state index in [1.54, 1.807) is 0 Å². The molecule has 0 aliphatic rings. The predicted octanol–water partition coefficient (Wildman–Crippen LogP) is 1.42. The molecule has 0 radical (unpaired) electrons. The van der Waals surface area contributed by atoms with E-state index in [-0.39, 0.29) is 5.84 Å². The van der Waals surface area contributed by atoms with E-state index in [1.165, 1.54) is 0 Å². The van der Waals surface area contributed by atoms with Crippen molar-refractivity contribution in [3.05, 3.63) is 18.0 Å². The van der Waals surface area contributed by atoms with Crippen molar-refractivity contribution in [1.29, 1.82) is 0 Å². The second-order valence-electron chi connectivity index (χ2n) is 4.44. The highest BCUT2D eigenvalue weighted by molar-refractivity contribution is 5.81. The van der Waals surface area contributed by atoms with Gasteiger partial charge in [0.1, 0.15) is 0 Å². The maximum Gasteiger partial charge on any atom is 0.153 e. The van der Waals surface area contributed by atoms with Crippen molar-refractivity contribution in [3.63, 3.8) is 0 Å². The molecule has 1 atom stereocenters. The molecule has 1 rings (SSSR count). The number of hydrogen-bond acceptors (Lipinski definition) is 4. The molecule has 0 fully saturated rings. The molecule has 0 bridgehead atoms. The SMILES string of the molecule is CCC(C)n1ccc(CN(CC)CC(N)=NO)n1. The van der Waals surface area contributed by atoms with Crippen molar-refractivity contribution in [2.24, 2.45) is 10.9 Å². The van der Waals surface area contributed by atoms with E-state index in [2.05, 4.69) is 29.0 Å². The number of oxime groups is 1. The summed E-state index contributed by atoms with van der Waals surface area (Å²) in [4.78, 5) is 2.07. The fraction of sp³-hybridized carbons (Fsp3) is 0.667. The van der Waals surface area contributed by atoms with Crippen LogP contribution in [-0.4, -0.2) is 38.8 Å². The van der Waals surface area contributed by atoms with Gasteiger partial charge in [0.25, 0.3) is 0 Å². The molecule has 0 saturated carbocycles. The fourth-order valence-electron chi connectivity index (χ4n) is 1.66. The third-order valence-electron chi connectivity index (χ3n) is 3.05. The minimum Gasteiger partial charge on any atom is -0.409 e. The van der Waals surface area contributed by atoms with Gasteiger partial charge in [-0.15, -0.1) is 0 Å². The normalized spacial score (nSPS) is 14.1. The van der Waals surface area contributed by atoms with Crippen molar-refractivity contribution in [3.8, 4) is 0 Å². The van der Waals surface area contributed by atoms with Gasteiger partial charge in [-0.25, -0.2) is 0 Å². The highest BCUT2D eigenvalue weighted by atomic mass is 16.4. The van der Waals surface area contributed by atoms with Crippen LogP contribution in [0.2, 0.25) is 0 Å². The van der Waals surface area contributed by atoms with Gasteiger partial charge in [0.05, 0.1) is 12.2 Å². The zero-order valence-electron chi connectivity index (χ0n) is 11.4. The largest absolute Gasteiger partial charge is 0.409 e. The predicted molar refractivity (Wildman–Crippen MR) is 71.6 cm³/mol. The number of rotatable bonds is 7. The van der Waals surface area contributed by atoms with Crippen molar-refractivity contribution in [2.75, 3.05) is 13.1 Å². The Morgan fingerprint density at radius 3 is 2.89 bits per heavy atom. The van der Waals surface area contributed by atoms with E-state index in [0.29, 0.717) is 19.1 Å². The average molecular weight is 253 g/mol. The summed E-state index contributed by atoms with van der Waals surface area (Å²) in [5.74, 6) is 0.221. The van der Waals surface area contributed by atoms with E-state index >= 15 is 0 Å². The number of hydrogen-bond donors (Lipinski definition) is 2. The molecule has 1 heterocycles. The lowest BCUT2D eigenvalue weighted by molar-refractivity contribution is 0.291. The van der Waals surface area contributed by atoms with Crippen LogP contribution >= 0.6 is 0 Å². The number of amidine groups is 1. The third-order valence-corrected chi connectivity index (χ3v) is 3.05. The maximum absolute atomic E-state index is 8.57. The molecular weight excluding hydrogens is 230 g/mol. The Balaban J connectivity index is 2.62. The summed E-state index contributed by atoms with van der Waals surface area (Å²) in [5.41, 5.74) is 6.51. The maximum atomic E-state index is 8.57. The Bertz CT molecular complexity index is 388. The molecule has 0 aliphatic carbocycles. The quantitative estimate of drug-likeness (QED) is 0.333. The summed E-state index contributed by atoms with van der Waals surface area (Å²) in [6, 6.07) is 2.43. The third kappa shape index (κ3) is 4.03. The lowest BCUT2D eigenvalue weighted by Gasteiger charge is -2.18. The van der Waals surface area contributed by atoms with E-state index in [0.717, 1.165) is 18.7 Å². The molecule has 3 N–H and O–H groups in total. The minimum atomic E-state index is 0.221. The Kier molecular flexibility index (Phi) is 5.64. The summed E-state index contributed by atoms with van der Waals surface area (Å²) < 4.78 is 1.98. The number of likely N-dealkylation sites (N-methyl/N-ethyl adjacent to an activating group) is 1. The molecule has 0 aliphatic heterocycles. The molecular formula is C12H23N5O. The standard InChI is InChI=1S/C12H23N5O/c1-4-10(3)17-7-6-11(14-17)8-16(5-2)9-12(13)15-18/h6-7,10,18H,4-5,8-9H2,1-3H3,(H2,13,15). The van der Waals surface area contributed by atoms with Gasteiger partial charge in [0.2, 0.25) is 0 Å². The van der Waals surface area contributed by atoms with Crippen molar-refractivity contribution < 1.29 is 5.21 Å². The monoisotopic (exact) mass is 253 g/mol. The first-order valence-electron chi connectivity index (χ1n) is 6.33. The van der Waals surface area contributed by atoms with Crippen molar-refractivity contribution >= 4 is 5.84 Å². The zero-order valence-corrected chi connectivity index (χ0v) is 11.4. The molecule has 1 unspecified atom stereocenters. The lowest BCUT2D eigenvalue weighted by Crippen LogP contribution is -2.33. The average Bonchev–Trinajstić information content (AvgIpc) is 2.85. The highest BCUT2D eigenvalue weighted by Gasteiger charge is 2.10. The molecule has 0 amide bonds. The van der Waals surface area contributed by atoms with Gasteiger partial charge >= 0.3 is 0 Å². The first kappa shape index (κ1) is 14.5.